The molecule has 25 heavy (non-hydrogen) atoms. The summed E-state index contributed by atoms with van der Waals surface area (Å²) in [5.74, 6) is 1.14. The van der Waals surface area contributed by atoms with Gasteiger partial charge in [-0.2, -0.15) is 0 Å². The van der Waals surface area contributed by atoms with Gasteiger partial charge in [-0.25, -0.2) is 9.78 Å². The number of hydrogen-bond acceptors (Lipinski definition) is 3. The average molecular weight is 341 g/mol. The van der Waals surface area contributed by atoms with Crippen LogP contribution in [0.3, 0.4) is 0 Å². The molecule has 2 aromatic rings. The number of imidazole rings is 1. The van der Waals surface area contributed by atoms with Crippen LogP contribution in [0.5, 0.6) is 0 Å². The van der Waals surface area contributed by atoms with Gasteiger partial charge in [-0.05, 0) is 18.6 Å². The predicted molar refractivity (Wildman–Crippen MR) is 99.8 cm³/mol. The Labute approximate surface area is 149 Å². The van der Waals surface area contributed by atoms with Gasteiger partial charge in [-0.1, -0.05) is 25.1 Å². The number of nitrogens with one attached hydrogen (secondary N) is 1. The number of aromatic nitrogens is 2. The molecule has 1 aromatic heterocycles. The molecule has 0 bridgehead atoms. The fourth-order valence-electron chi connectivity index (χ4n) is 3.19. The van der Waals surface area contributed by atoms with E-state index in [1.165, 1.54) is 0 Å². The number of aryl methyl sites for hydroxylation is 2. The molecule has 0 atom stereocenters. The van der Waals surface area contributed by atoms with Crippen molar-refractivity contribution in [2.24, 2.45) is 0 Å². The van der Waals surface area contributed by atoms with E-state index in [1.54, 1.807) is 0 Å². The summed E-state index contributed by atoms with van der Waals surface area (Å²) in [5, 5.41) is 3.02. The first kappa shape index (κ1) is 17.5. The summed E-state index contributed by atoms with van der Waals surface area (Å²) >= 11 is 0. The minimum absolute atomic E-state index is 0.00294. The Morgan fingerprint density at radius 2 is 1.92 bits per heavy atom. The number of para-hydroxylation sites is 1. The van der Waals surface area contributed by atoms with Crippen molar-refractivity contribution < 1.29 is 4.79 Å². The van der Waals surface area contributed by atoms with Crippen LogP contribution in [0.4, 0.5) is 10.5 Å². The van der Waals surface area contributed by atoms with E-state index in [2.05, 4.69) is 26.7 Å². The second kappa shape index (κ2) is 8.16. The number of nitrogens with zero attached hydrogens (tertiary/aromatic N) is 4. The van der Waals surface area contributed by atoms with E-state index in [1.807, 2.05) is 48.5 Å². The molecule has 1 saturated heterocycles. The Morgan fingerprint density at radius 1 is 1.16 bits per heavy atom. The van der Waals surface area contributed by atoms with Gasteiger partial charge < -0.3 is 14.8 Å². The van der Waals surface area contributed by atoms with Crippen LogP contribution in [0, 0.1) is 6.92 Å². The molecule has 134 valence electrons. The zero-order valence-corrected chi connectivity index (χ0v) is 15.1. The molecule has 1 N–H and O–H groups in total. The average Bonchev–Trinajstić information content (AvgIpc) is 3.10. The number of carbonyl (C=O) groups is 1. The van der Waals surface area contributed by atoms with Gasteiger partial charge in [-0.3, -0.25) is 4.90 Å². The molecule has 6 heteroatoms. The minimum atomic E-state index is -0.00294. The fourth-order valence-corrected chi connectivity index (χ4v) is 3.19. The van der Waals surface area contributed by atoms with E-state index in [0.29, 0.717) is 0 Å². The first-order valence-corrected chi connectivity index (χ1v) is 9.01. The lowest BCUT2D eigenvalue weighted by atomic mass is 10.2. The second-order valence-electron chi connectivity index (χ2n) is 6.46. The Morgan fingerprint density at radius 3 is 2.64 bits per heavy atom. The molecule has 0 spiro atoms. The van der Waals surface area contributed by atoms with Gasteiger partial charge in [-0.15, -0.1) is 0 Å². The molecule has 6 nitrogen and oxygen atoms in total. The Kier molecular flexibility index (Phi) is 5.71. The van der Waals surface area contributed by atoms with Crippen LogP contribution in [0.2, 0.25) is 0 Å². The lowest BCUT2D eigenvalue weighted by Gasteiger charge is -2.34. The van der Waals surface area contributed by atoms with Crippen LogP contribution in [-0.4, -0.2) is 58.1 Å². The van der Waals surface area contributed by atoms with E-state index in [0.717, 1.165) is 62.8 Å². The van der Waals surface area contributed by atoms with Crippen LogP contribution in [-0.2, 0) is 13.0 Å². The number of carbonyl (C=O) groups excluding carboxylic acids is 1. The van der Waals surface area contributed by atoms with Crippen molar-refractivity contribution in [3.63, 3.8) is 0 Å². The Balaban J connectivity index is 1.45. The van der Waals surface area contributed by atoms with E-state index in [9.17, 15) is 4.79 Å². The minimum Gasteiger partial charge on any atom is -0.334 e. The van der Waals surface area contributed by atoms with Crippen molar-refractivity contribution in [2.75, 3.05) is 38.0 Å². The smallest absolute Gasteiger partial charge is 0.321 e. The van der Waals surface area contributed by atoms with Gasteiger partial charge in [0.05, 0.1) is 0 Å². The summed E-state index contributed by atoms with van der Waals surface area (Å²) in [7, 11) is 0. The summed E-state index contributed by atoms with van der Waals surface area (Å²) in [6.45, 7) is 9.45. The van der Waals surface area contributed by atoms with E-state index < -0.39 is 0 Å². The molecule has 1 aliphatic rings. The lowest BCUT2D eigenvalue weighted by molar-refractivity contribution is 0.144. The van der Waals surface area contributed by atoms with Gasteiger partial charge in [0.25, 0.3) is 0 Å². The molecule has 0 saturated carbocycles. The largest absolute Gasteiger partial charge is 0.334 e. The van der Waals surface area contributed by atoms with Gasteiger partial charge in [0.15, 0.2) is 0 Å². The van der Waals surface area contributed by atoms with Crippen molar-refractivity contribution in [3.8, 4) is 0 Å². The molecule has 0 aliphatic carbocycles. The van der Waals surface area contributed by atoms with Crippen LogP contribution in [0.15, 0.2) is 36.7 Å². The SMILES string of the molecule is CCc1nccn1CCN1CCN(C(=O)Nc2ccccc2C)CC1. The highest BCUT2D eigenvalue weighted by Gasteiger charge is 2.21. The standard InChI is InChI=1S/C19H27N5O/c1-3-18-20-8-9-23(18)13-10-22-11-14-24(15-12-22)19(25)21-17-7-5-4-6-16(17)2/h4-9H,3,10-15H2,1-2H3,(H,21,25). The third-order valence-electron chi connectivity index (χ3n) is 4.82. The third-order valence-corrected chi connectivity index (χ3v) is 4.82. The number of rotatable bonds is 5. The van der Waals surface area contributed by atoms with Crippen molar-refractivity contribution >= 4 is 11.7 Å². The molecule has 2 amide bonds. The van der Waals surface area contributed by atoms with Crippen molar-refractivity contribution in [2.45, 2.75) is 26.8 Å². The molecule has 3 rings (SSSR count). The zero-order chi connectivity index (χ0) is 17.6. The number of anilines is 1. The number of piperazine rings is 1. The van der Waals surface area contributed by atoms with Crippen molar-refractivity contribution in [3.05, 3.63) is 48.0 Å². The summed E-state index contributed by atoms with van der Waals surface area (Å²) < 4.78 is 2.22. The van der Waals surface area contributed by atoms with Crippen LogP contribution in [0.25, 0.3) is 0 Å². The highest BCUT2D eigenvalue weighted by Crippen LogP contribution is 2.14. The van der Waals surface area contributed by atoms with Gasteiger partial charge in [0.2, 0.25) is 0 Å². The summed E-state index contributed by atoms with van der Waals surface area (Å²) in [5.41, 5.74) is 1.98. The van der Waals surface area contributed by atoms with Crippen molar-refractivity contribution in [1.29, 1.82) is 0 Å². The molecule has 0 radical (unpaired) electrons. The lowest BCUT2D eigenvalue weighted by Crippen LogP contribution is -2.50. The first-order chi connectivity index (χ1) is 12.2. The molecule has 2 heterocycles. The highest BCUT2D eigenvalue weighted by molar-refractivity contribution is 5.90. The summed E-state index contributed by atoms with van der Waals surface area (Å²) in [4.78, 5) is 21.1. The third kappa shape index (κ3) is 4.39. The molecule has 1 fully saturated rings. The molecular formula is C19H27N5O. The maximum absolute atomic E-state index is 12.4. The molecule has 1 aliphatic heterocycles. The monoisotopic (exact) mass is 341 g/mol. The highest BCUT2D eigenvalue weighted by atomic mass is 16.2. The van der Waals surface area contributed by atoms with Crippen molar-refractivity contribution in [1.82, 2.24) is 19.4 Å². The number of benzene rings is 1. The summed E-state index contributed by atoms with van der Waals surface area (Å²) in [6.07, 6.45) is 4.87. The summed E-state index contributed by atoms with van der Waals surface area (Å²) in [6, 6.07) is 7.88. The Bertz CT molecular complexity index is 703. The second-order valence-corrected chi connectivity index (χ2v) is 6.46. The maximum atomic E-state index is 12.4. The van der Waals surface area contributed by atoms with E-state index in [4.69, 9.17) is 0 Å². The maximum Gasteiger partial charge on any atom is 0.321 e. The number of amides is 2. The fraction of sp³-hybridized carbons (Fsp3) is 0.474. The Hall–Kier alpha value is -2.34. The number of urea groups is 1. The van der Waals surface area contributed by atoms with Gasteiger partial charge in [0, 0.05) is 63.8 Å². The van der Waals surface area contributed by atoms with Crippen LogP contribution >= 0.6 is 0 Å². The molecular weight excluding hydrogens is 314 g/mol. The van der Waals surface area contributed by atoms with E-state index >= 15 is 0 Å². The van der Waals surface area contributed by atoms with Crippen LogP contribution in [0.1, 0.15) is 18.3 Å². The van der Waals surface area contributed by atoms with Gasteiger partial charge >= 0.3 is 6.03 Å². The molecule has 0 unspecified atom stereocenters. The zero-order valence-electron chi connectivity index (χ0n) is 15.1. The topological polar surface area (TPSA) is 53.4 Å². The van der Waals surface area contributed by atoms with E-state index in [-0.39, 0.29) is 6.03 Å². The first-order valence-electron chi connectivity index (χ1n) is 9.01. The predicted octanol–water partition coefficient (Wildman–Crippen LogP) is 2.60. The van der Waals surface area contributed by atoms with Crippen LogP contribution < -0.4 is 5.32 Å². The number of hydrogen-bond donors (Lipinski definition) is 1. The molecule has 1 aromatic carbocycles. The normalized spacial score (nSPS) is 15.4. The van der Waals surface area contributed by atoms with Gasteiger partial charge in [0.1, 0.15) is 5.82 Å². The quantitative estimate of drug-likeness (QED) is 0.909.